The van der Waals surface area contributed by atoms with Gasteiger partial charge < -0.3 is 24.3 Å². The maximum Gasteiger partial charge on any atom is 0.330 e. The molecule has 1 saturated heterocycles. The number of carbonyl (C=O) groups excluding carboxylic acids is 2. The highest BCUT2D eigenvalue weighted by Crippen LogP contribution is 2.47. The van der Waals surface area contributed by atoms with Gasteiger partial charge in [-0.25, -0.2) is 4.79 Å². The van der Waals surface area contributed by atoms with Crippen molar-refractivity contribution in [2.24, 2.45) is 0 Å². The number of unbranched alkanes of at least 4 members (excludes halogenated alkanes) is 1. The number of esters is 1. The van der Waals surface area contributed by atoms with Crippen molar-refractivity contribution in [3.8, 4) is 0 Å². The van der Waals surface area contributed by atoms with Gasteiger partial charge in [-0.2, -0.15) is 0 Å². The fourth-order valence-corrected chi connectivity index (χ4v) is 13.9. The van der Waals surface area contributed by atoms with Gasteiger partial charge in [-0.3, -0.25) is 23.9 Å². The molecule has 2 heterocycles. The molecule has 13 heteroatoms. The van der Waals surface area contributed by atoms with Crippen LogP contribution in [0.3, 0.4) is 0 Å². The maximum atomic E-state index is 13.7. The highest BCUT2D eigenvalue weighted by Gasteiger charge is 2.55. The van der Waals surface area contributed by atoms with Gasteiger partial charge in [0, 0.05) is 41.3 Å². The number of H-pyrrole nitrogens is 1. The molecule has 1 aliphatic heterocycles. The Labute approximate surface area is 296 Å². The Morgan fingerprint density at radius 3 is 2.22 bits per heavy atom. The molecular formula is C36H57N3O8SSi. The van der Waals surface area contributed by atoms with Gasteiger partial charge in [0.2, 0.25) is 14.2 Å². The molecule has 0 spiro atoms. The van der Waals surface area contributed by atoms with Gasteiger partial charge in [-0.05, 0) is 48.0 Å². The lowest BCUT2D eigenvalue weighted by Crippen LogP contribution is -2.54. The average molecular weight is 720 g/mol. The highest BCUT2D eigenvalue weighted by molar-refractivity contribution is 8.00. The molecule has 0 saturated carbocycles. The predicted octanol–water partition coefficient (Wildman–Crippen LogP) is 5.93. The van der Waals surface area contributed by atoms with Crippen molar-refractivity contribution < 1.29 is 28.6 Å². The van der Waals surface area contributed by atoms with E-state index in [1.165, 1.54) is 16.8 Å². The monoisotopic (exact) mass is 719 g/mol. The van der Waals surface area contributed by atoms with Gasteiger partial charge >= 0.3 is 11.7 Å². The molecule has 1 aliphatic rings. The Morgan fingerprint density at radius 2 is 1.65 bits per heavy atom. The largest absolute Gasteiger partial charge is 0.457 e. The number of aliphatic hydroxyl groups is 1. The van der Waals surface area contributed by atoms with E-state index < -0.39 is 61.4 Å². The summed E-state index contributed by atoms with van der Waals surface area (Å²) in [5, 5.41) is 13.4. The first kappa shape index (κ1) is 40.7. The third-order valence-corrected chi connectivity index (χ3v) is 17.1. The van der Waals surface area contributed by atoms with Gasteiger partial charge in [0.25, 0.3) is 5.56 Å². The molecular weight excluding hydrogens is 663 g/mol. The Bertz CT molecular complexity index is 1440. The molecule has 2 aromatic rings. The molecule has 11 nitrogen and oxygen atoms in total. The zero-order valence-corrected chi connectivity index (χ0v) is 32.2. The first-order valence-electron chi connectivity index (χ1n) is 17.6. The van der Waals surface area contributed by atoms with E-state index in [9.17, 15) is 24.3 Å². The number of nitrogens with one attached hydrogen (secondary N) is 2. The number of carbonyl (C=O) groups is 2. The summed E-state index contributed by atoms with van der Waals surface area (Å²) in [5.41, 5.74) is -0.740. The van der Waals surface area contributed by atoms with Crippen molar-refractivity contribution in [3.63, 3.8) is 0 Å². The van der Waals surface area contributed by atoms with Crippen LogP contribution < -0.4 is 16.6 Å². The van der Waals surface area contributed by atoms with Crippen LogP contribution in [0.5, 0.6) is 0 Å². The number of ether oxygens (including phenoxy) is 2. The van der Waals surface area contributed by atoms with Crippen LogP contribution in [0.1, 0.15) is 100 Å². The molecule has 1 fully saturated rings. The second kappa shape index (κ2) is 18.5. The lowest BCUT2D eigenvalue weighted by atomic mass is 9.98. The van der Waals surface area contributed by atoms with Gasteiger partial charge in [0.15, 0.2) is 12.3 Å². The number of thioether (sulfide) groups is 1. The van der Waals surface area contributed by atoms with Crippen LogP contribution in [0.2, 0.25) is 16.6 Å². The Morgan fingerprint density at radius 1 is 1.02 bits per heavy atom. The fourth-order valence-electron chi connectivity index (χ4n) is 7.07. The molecule has 49 heavy (non-hydrogen) atoms. The number of nitrogens with zero attached hydrogens (tertiary/aromatic N) is 1. The van der Waals surface area contributed by atoms with E-state index in [-0.39, 0.29) is 29.0 Å². The van der Waals surface area contributed by atoms with Crippen molar-refractivity contribution in [2.45, 2.75) is 145 Å². The molecule has 0 aliphatic carbocycles. The Kier molecular flexibility index (Phi) is 15.4. The summed E-state index contributed by atoms with van der Waals surface area (Å²) < 4.78 is 20.3. The number of hydrogen-bond acceptors (Lipinski definition) is 9. The number of amides is 1. The average Bonchev–Trinajstić information content (AvgIpc) is 3.37. The standard InChI is InChI=1S/C36H57N3O8SSi/c1-9-10-21-37-29(41)16-19-36(8,48-27-14-12-11-13-15-27)20-17-31(43)46-32-28(23-40)45-34(39-22-18-30(42)38-35(39)44)33(32)47-49(24(2)3,25(4)5)26(6)7/h11-15,18,22,24-26,28,32-34,40H,9-10,16-17,19-21,23H2,1-8H3,(H,37,41)(H,38,42,44)/t28-,32?,33+,34-,36?/m1/s1. The van der Waals surface area contributed by atoms with E-state index in [0.717, 1.165) is 17.7 Å². The topological polar surface area (TPSA) is 149 Å². The lowest BCUT2D eigenvalue weighted by molar-refractivity contribution is -0.156. The number of aromatic amines is 1. The highest BCUT2D eigenvalue weighted by atomic mass is 32.2. The number of rotatable bonds is 19. The van der Waals surface area contributed by atoms with E-state index in [4.69, 9.17) is 13.9 Å². The van der Waals surface area contributed by atoms with Crippen LogP contribution in [0, 0.1) is 0 Å². The first-order valence-corrected chi connectivity index (χ1v) is 20.6. The van der Waals surface area contributed by atoms with Crippen molar-refractivity contribution in [1.82, 2.24) is 14.9 Å². The summed E-state index contributed by atoms with van der Waals surface area (Å²) in [6, 6.07) is 11.1. The normalized spacial score (nSPS) is 20.9. The molecule has 3 N–H and O–H groups in total. The van der Waals surface area contributed by atoms with Crippen molar-refractivity contribution in [2.75, 3.05) is 13.2 Å². The number of aliphatic hydroxyl groups excluding tert-OH is 1. The zero-order chi connectivity index (χ0) is 36.4. The third kappa shape index (κ3) is 10.6. The molecule has 2 unspecified atom stereocenters. The summed E-state index contributed by atoms with van der Waals surface area (Å²) in [4.78, 5) is 54.6. The van der Waals surface area contributed by atoms with E-state index in [0.29, 0.717) is 25.8 Å². The van der Waals surface area contributed by atoms with Crippen LogP contribution in [0.15, 0.2) is 57.1 Å². The first-order chi connectivity index (χ1) is 23.2. The van der Waals surface area contributed by atoms with Gasteiger partial charge in [0.1, 0.15) is 12.2 Å². The van der Waals surface area contributed by atoms with Crippen LogP contribution in [0.4, 0.5) is 0 Å². The minimum absolute atomic E-state index is 0.0126. The Hall–Kier alpha value is -2.71. The van der Waals surface area contributed by atoms with Crippen molar-refractivity contribution in [1.29, 1.82) is 0 Å². The SMILES string of the molecule is CCCCNC(=O)CCC(C)(CCC(=O)OC1[C@@H](CO)O[C@@H](n2ccc(=O)[nH]c2=O)[C@H]1O[Si](C(C)C)(C(C)C)C(C)C)Sc1ccccc1. The summed E-state index contributed by atoms with van der Waals surface area (Å²) in [6.45, 7) is 17.1. The van der Waals surface area contributed by atoms with Gasteiger partial charge in [-0.1, -0.05) is 80.0 Å². The van der Waals surface area contributed by atoms with E-state index >= 15 is 0 Å². The fraction of sp³-hybridized carbons (Fsp3) is 0.667. The molecule has 1 aromatic carbocycles. The van der Waals surface area contributed by atoms with E-state index in [1.807, 2.05) is 30.3 Å². The molecule has 0 radical (unpaired) electrons. The molecule has 1 aromatic heterocycles. The summed E-state index contributed by atoms with van der Waals surface area (Å²) >= 11 is 1.63. The molecule has 0 bridgehead atoms. The minimum atomic E-state index is -2.64. The van der Waals surface area contributed by atoms with E-state index in [2.05, 4.69) is 65.7 Å². The van der Waals surface area contributed by atoms with Crippen LogP contribution in [-0.4, -0.2) is 71.1 Å². The summed E-state index contributed by atoms with van der Waals surface area (Å²) in [5.74, 6) is -0.505. The number of benzene rings is 1. The number of aromatic nitrogens is 2. The maximum absolute atomic E-state index is 13.7. The van der Waals surface area contributed by atoms with Crippen molar-refractivity contribution in [3.05, 3.63) is 63.4 Å². The van der Waals surface area contributed by atoms with Crippen LogP contribution in [-0.2, 0) is 23.5 Å². The van der Waals surface area contributed by atoms with Gasteiger partial charge in [0.05, 0.1) is 6.61 Å². The quantitative estimate of drug-likeness (QED) is 0.0696. The zero-order valence-electron chi connectivity index (χ0n) is 30.4. The minimum Gasteiger partial charge on any atom is -0.457 e. The predicted molar refractivity (Wildman–Crippen MR) is 195 cm³/mol. The smallest absolute Gasteiger partial charge is 0.330 e. The second-order valence-electron chi connectivity index (χ2n) is 14.2. The summed E-state index contributed by atoms with van der Waals surface area (Å²) in [7, 11) is -2.64. The second-order valence-corrected chi connectivity index (χ2v) is 21.3. The van der Waals surface area contributed by atoms with Crippen LogP contribution in [0.25, 0.3) is 0 Å². The van der Waals surface area contributed by atoms with Crippen LogP contribution >= 0.6 is 11.8 Å². The Balaban J connectivity index is 1.90. The molecule has 274 valence electrons. The molecule has 3 rings (SSSR count). The van der Waals surface area contributed by atoms with Crippen molar-refractivity contribution >= 4 is 32.0 Å². The molecule has 5 atom stereocenters. The van der Waals surface area contributed by atoms with Gasteiger partial charge in [-0.15, -0.1) is 11.8 Å². The summed E-state index contributed by atoms with van der Waals surface area (Å²) in [6.07, 6.45) is 0.689. The van der Waals surface area contributed by atoms with E-state index in [1.54, 1.807) is 11.8 Å². The third-order valence-electron chi connectivity index (χ3n) is 9.60. The lowest BCUT2D eigenvalue weighted by Gasteiger charge is -2.45. The number of hydrogen-bond donors (Lipinski definition) is 3. The molecule has 1 amide bonds.